The number of aryl methyl sites for hydroxylation is 2. The van der Waals surface area contributed by atoms with Crippen LogP contribution >= 0.6 is 27.5 Å². The zero-order chi connectivity index (χ0) is 18.1. The van der Waals surface area contributed by atoms with Gasteiger partial charge in [0.15, 0.2) is 5.69 Å². The van der Waals surface area contributed by atoms with E-state index in [1.807, 2.05) is 0 Å². The fourth-order valence-electron chi connectivity index (χ4n) is 3.01. The lowest BCUT2D eigenvalue weighted by Gasteiger charge is -2.28. The van der Waals surface area contributed by atoms with Crippen LogP contribution in [0, 0.1) is 0 Å². The van der Waals surface area contributed by atoms with Gasteiger partial charge >= 0.3 is 0 Å². The first kappa shape index (κ1) is 18.0. The lowest BCUT2D eigenvalue weighted by atomic mass is 9.84. The van der Waals surface area contributed by atoms with Crippen molar-refractivity contribution in [1.29, 1.82) is 0 Å². The van der Waals surface area contributed by atoms with E-state index in [4.69, 9.17) is 11.6 Å². The number of carbonyl (C=O) groups excluding carboxylic acids is 1. The average molecular weight is 431 g/mol. The lowest BCUT2D eigenvalue weighted by molar-refractivity contribution is 0.101. The molecule has 11 heteroatoms. The molecule has 1 N–H and O–H groups in total. The smallest absolute Gasteiger partial charge is 0.280 e. The van der Waals surface area contributed by atoms with E-state index in [0.29, 0.717) is 5.56 Å². The molecule has 0 aliphatic heterocycles. The van der Waals surface area contributed by atoms with Crippen LogP contribution in [-0.2, 0) is 14.1 Å². The molecular weight excluding hydrogens is 414 g/mol. The summed E-state index contributed by atoms with van der Waals surface area (Å²) >= 11 is 10.1. The van der Waals surface area contributed by atoms with E-state index in [2.05, 4.69) is 41.9 Å². The number of amides is 1. The van der Waals surface area contributed by atoms with E-state index in [1.54, 1.807) is 7.05 Å². The van der Waals surface area contributed by atoms with Crippen molar-refractivity contribution >= 4 is 39.4 Å². The number of nitrogens with one attached hydrogen (secondary N) is 1. The minimum atomic E-state index is -0.568. The third-order valence-electron chi connectivity index (χ3n) is 4.33. The van der Waals surface area contributed by atoms with Crippen molar-refractivity contribution in [3.05, 3.63) is 26.6 Å². The van der Waals surface area contributed by atoms with Crippen LogP contribution in [0.1, 0.15) is 47.7 Å². The Labute approximate surface area is 156 Å². The Kier molecular flexibility index (Phi) is 5.19. The van der Waals surface area contributed by atoms with Crippen LogP contribution in [0.3, 0.4) is 0 Å². The van der Waals surface area contributed by atoms with Gasteiger partial charge < -0.3 is 0 Å². The minimum absolute atomic E-state index is 0.0213. The summed E-state index contributed by atoms with van der Waals surface area (Å²) in [6, 6.07) is 0. The quantitative estimate of drug-likeness (QED) is 0.742. The first-order valence-corrected chi connectivity index (χ1v) is 9.14. The molecule has 2 heterocycles. The molecule has 0 saturated heterocycles. The maximum Gasteiger partial charge on any atom is 0.280 e. The average Bonchev–Trinajstić information content (AvgIpc) is 2.97. The number of hydrogen-bond donors (Lipinski definition) is 1. The predicted octanol–water partition coefficient (Wildman–Crippen LogP) is 1.63. The van der Waals surface area contributed by atoms with Gasteiger partial charge in [0.2, 0.25) is 5.95 Å². The number of alkyl halides is 1. The molecule has 3 rings (SSSR count). The van der Waals surface area contributed by atoms with Crippen molar-refractivity contribution in [3.63, 3.8) is 0 Å². The summed E-state index contributed by atoms with van der Waals surface area (Å²) in [4.78, 5) is 25.3. The molecule has 2 atom stereocenters. The number of aromatic nitrogens is 6. The number of halogens is 2. The lowest BCUT2D eigenvalue weighted by Crippen LogP contribution is -2.33. The largest absolute Gasteiger partial charge is 0.288 e. The fraction of sp³-hybridized carbons (Fsp3) is 0.571. The minimum Gasteiger partial charge on any atom is -0.288 e. The second-order valence-electron chi connectivity index (χ2n) is 5.99. The summed E-state index contributed by atoms with van der Waals surface area (Å²) in [6.45, 7) is 0. The van der Waals surface area contributed by atoms with Gasteiger partial charge in [-0.2, -0.15) is 5.10 Å². The van der Waals surface area contributed by atoms with Crippen LogP contribution in [0.15, 0.2) is 4.79 Å². The molecule has 1 aliphatic rings. The van der Waals surface area contributed by atoms with Crippen molar-refractivity contribution in [2.75, 3.05) is 5.32 Å². The topological polar surface area (TPSA) is 108 Å². The molecule has 2 aromatic rings. The molecule has 2 unspecified atom stereocenters. The molecule has 0 spiro atoms. The molecule has 9 nitrogen and oxygen atoms in total. The SMILES string of the molecule is Cn1nnnc1NC(=O)c1nn(C)c(=O)c(C2CCCCC2Br)c1Cl. The van der Waals surface area contributed by atoms with Gasteiger partial charge in [-0.15, -0.1) is 0 Å². The first-order valence-electron chi connectivity index (χ1n) is 7.84. The maximum atomic E-state index is 12.6. The Balaban J connectivity index is 2.02. The summed E-state index contributed by atoms with van der Waals surface area (Å²) in [5.41, 5.74) is 0.132. The zero-order valence-corrected chi connectivity index (χ0v) is 16.1. The van der Waals surface area contributed by atoms with Crippen LogP contribution in [0.2, 0.25) is 5.02 Å². The van der Waals surface area contributed by atoms with Gasteiger partial charge in [0.25, 0.3) is 11.5 Å². The zero-order valence-electron chi connectivity index (χ0n) is 13.7. The Morgan fingerprint density at radius 3 is 2.64 bits per heavy atom. The normalized spacial score (nSPS) is 20.5. The van der Waals surface area contributed by atoms with Gasteiger partial charge in [-0.05, 0) is 23.3 Å². The molecule has 0 aromatic carbocycles. The summed E-state index contributed by atoms with van der Waals surface area (Å²) in [6.07, 6.45) is 3.91. The van der Waals surface area contributed by atoms with Crippen molar-refractivity contribution in [2.45, 2.75) is 36.4 Å². The molecule has 1 amide bonds. The molecule has 25 heavy (non-hydrogen) atoms. The highest BCUT2D eigenvalue weighted by molar-refractivity contribution is 9.09. The van der Waals surface area contributed by atoms with Crippen LogP contribution in [0.25, 0.3) is 0 Å². The van der Waals surface area contributed by atoms with E-state index in [-0.39, 0.29) is 33.0 Å². The highest BCUT2D eigenvalue weighted by Crippen LogP contribution is 2.39. The Hall–Kier alpha value is -1.81. The monoisotopic (exact) mass is 429 g/mol. The second kappa shape index (κ2) is 7.20. The van der Waals surface area contributed by atoms with E-state index >= 15 is 0 Å². The maximum absolute atomic E-state index is 12.6. The van der Waals surface area contributed by atoms with Crippen LogP contribution in [0.5, 0.6) is 0 Å². The number of tetrazole rings is 1. The Morgan fingerprint density at radius 1 is 1.28 bits per heavy atom. The predicted molar refractivity (Wildman–Crippen MR) is 95.2 cm³/mol. The number of rotatable bonds is 3. The van der Waals surface area contributed by atoms with Gasteiger partial charge in [-0.3, -0.25) is 14.9 Å². The van der Waals surface area contributed by atoms with Crippen LogP contribution < -0.4 is 10.9 Å². The van der Waals surface area contributed by atoms with Gasteiger partial charge in [-0.25, -0.2) is 9.36 Å². The fourth-order valence-corrected chi connectivity index (χ4v) is 4.21. The van der Waals surface area contributed by atoms with Gasteiger partial charge in [-0.1, -0.05) is 45.5 Å². The molecule has 134 valence electrons. The number of hydrogen-bond acceptors (Lipinski definition) is 6. The van der Waals surface area contributed by atoms with Crippen molar-refractivity contribution in [2.24, 2.45) is 14.1 Å². The molecule has 1 saturated carbocycles. The van der Waals surface area contributed by atoms with Crippen LogP contribution in [0.4, 0.5) is 5.95 Å². The Bertz CT molecular complexity index is 865. The third kappa shape index (κ3) is 3.45. The highest BCUT2D eigenvalue weighted by Gasteiger charge is 2.32. The van der Waals surface area contributed by atoms with Crippen LogP contribution in [-0.4, -0.2) is 40.7 Å². The van der Waals surface area contributed by atoms with Crippen molar-refractivity contribution < 1.29 is 4.79 Å². The standard InChI is InChI=1S/C14H17BrClN7O2/c1-22-13(25)9(7-5-3-4-6-8(7)15)10(16)11(19-22)12(24)17-14-18-20-21-23(14)2/h7-8H,3-6H2,1-2H3,(H,17,18,21,24). The molecule has 1 fully saturated rings. The van der Waals surface area contributed by atoms with Crippen molar-refractivity contribution in [3.8, 4) is 0 Å². The van der Waals surface area contributed by atoms with E-state index in [1.165, 1.54) is 11.7 Å². The summed E-state index contributed by atoms with van der Waals surface area (Å²) in [5, 5.41) is 17.5. The van der Waals surface area contributed by atoms with E-state index in [0.717, 1.165) is 30.4 Å². The highest BCUT2D eigenvalue weighted by atomic mass is 79.9. The summed E-state index contributed by atoms with van der Waals surface area (Å²) in [5.74, 6) is -0.456. The third-order valence-corrected chi connectivity index (χ3v) is 5.81. The first-order chi connectivity index (χ1) is 11.9. The molecular formula is C14H17BrClN7O2. The number of carbonyl (C=O) groups is 1. The summed E-state index contributed by atoms with van der Waals surface area (Å²) in [7, 11) is 3.10. The van der Waals surface area contributed by atoms with E-state index in [9.17, 15) is 9.59 Å². The van der Waals surface area contributed by atoms with E-state index < -0.39 is 5.91 Å². The summed E-state index contributed by atoms with van der Waals surface area (Å²) < 4.78 is 2.46. The molecule has 0 bridgehead atoms. The number of anilines is 1. The molecule has 2 aromatic heterocycles. The second-order valence-corrected chi connectivity index (χ2v) is 7.55. The van der Waals surface area contributed by atoms with Crippen molar-refractivity contribution in [1.82, 2.24) is 30.0 Å². The molecule has 1 aliphatic carbocycles. The van der Waals surface area contributed by atoms with Gasteiger partial charge in [0.05, 0.1) is 5.02 Å². The van der Waals surface area contributed by atoms with Gasteiger partial charge in [0.1, 0.15) is 0 Å². The Morgan fingerprint density at radius 2 is 2.00 bits per heavy atom. The van der Waals surface area contributed by atoms with Gasteiger partial charge in [0, 0.05) is 30.4 Å². The number of nitrogens with zero attached hydrogens (tertiary/aromatic N) is 6. The molecule has 0 radical (unpaired) electrons.